The van der Waals surface area contributed by atoms with E-state index in [0.29, 0.717) is 43.6 Å². The van der Waals surface area contributed by atoms with Crippen molar-refractivity contribution in [3.8, 4) is 17.7 Å². The zero-order chi connectivity index (χ0) is 24.6. The Balaban J connectivity index is 1.38. The summed E-state index contributed by atoms with van der Waals surface area (Å²) in [4.78, 5) is 29.4. The number of rotatable bonds is 4. The molecule has 0 bridgehead atoms. The van der Waals surface area contributed by atoms with Gasteiger partial charge < -0.3 is 28.5 Å². The molecule has 0 saturated carbocycles. The van der Waals surface area contributed by atoms with Crippen molar-refractivity contribution in [2.24, 2.45) is 0 Å². The Morgan fingerprint density at radius 3 is 2.78 bits per heavy atom. The van der Waals surface area contributed by atoms with Gasteiger partial charge in [-0.15, -0.1) is 0 Å². The molecular formula is C26H27N7O3. The number of fused-ring (bicyclic) bond motifs is 3. The minimum Gasteiger partial charge on any atom is -0.453 e. The van der Waals surface area contributed by atoms with Crippen LogP contribution in [0.5, 0.6) is 0 Å². The molecule has 1 amide bonds. The van der Waals surface area contributed by atoms with Gasteiger partial charge in [-0.3, -0.25) is 4.79 Å². The predicted octanol–water partition coefficient (Wildman–Crippen LogP) is 3.21. The van der Waals surface area contributed by atoms with E-state index in [1.54, 1.807) is 17.2 Å². The first-order valence-corrected chi connectivity index (χ1v) is 12.2. The molecule has 4 aromatic heterocycles. The Morgan fingerprint density at radius 2 is 2.00 bits per heavy atom. The van der Waals surface area contributed by atoms with Crippen LogP contribution in [0, 0.1) is 11.3 Å². The number of hydrogen-bond acceptors (Lipinski definition) is 7. The molecule has 2 aliphatic rings. The highest BCUT2D eigenvalue weighted by atomic mass is 16.5. The first-order chi connectivity index (χ1) is 17.6. The molecule has 1 N–H and O–H groups in total. The number of nitriles is 1. The lowest BCUT2D eigenvalue weighted by molar-refractivity contribution is -0.128. The number of pyridine rings is 1. The third-order valence-corrected chi connectivity index (χ3v) is 7.07. The second kappa shape index (κ2) is 9.26. The standard InChI is InChI=1S/C26H27N7O3/c1-31-8-10-32(11-9-31)26(34)17(15-27)14-19-2-3-22(36-19)25-30-21-16-29-24-20(4-7-28-24)23(21)33(25)18-5-12-35-13-6-18/h2-4,7,14,16,18H,5-6,8-13H2,1H3,(H,28,29)/b17-14+. The van der Waals surface area contributed by atoms with Gasteiger partial charge >= 0.3 is 0 Å². The minimum atomic E-state index is -0.265. The number of imidazole rings is 1. The van der Waals surface area contributed by atoms with Gasteiger partial charge in [-0.25, -0.2) is 9.97 Å². The highest BCUT2D eigenvalue weighted by Gasteiger charge is 2.26. The first-order valence-electron chi connectivity index (χ1n) is 12.2. The number of amides is 1. The van der Waals surface area contributed by atoms with Crippen LogP contribution >= 0.6 is 0 Å². The van der Waals surface area contributed by atoms with Crippen LogP contribution in [0.2, 0.25) is 0 Å². The SMILES string of the molecule is CN1CCN(C(=O)/C(C#N)=C/c2ccc(-c3nc4cnc5[nH]ccc5c4n3C3CCOCC3)o2)CC1. The fraction of sp³-hybridized carbons (Fsp3) is 0.385. The maximum Gasteiger partial charge on any atom is 0.264 e. The molecule has 2 saturated heterocycles. The number of nitrogens with one attached hydrogen (secondary N) is 1. The number of aromatic amines is 1. The number of ether oxygens (including phenoxy) is 1. The molecule has 2 aliphatic heterocycles. The molecule has 0 unspecified atom stereocenters. The molecule has 0 aliphatic carbocycles. The van der Waals surface area contributed by atoms with Crippen molar-refractivity contribution in [3.63, 3.8) is 0 Å². The Morgan fingerprint density at radius 1 is 1.19 bits per heavy atom. The van der Waals surface area contributed by atoms with Crippen LogP contribution in [0.4, 0.5) is 0 Å². The van der Waals surface area contributed by atoms with Gasteiger partial charge in [-0.05, 0) is 38.1 Å². The second-order valence-corrected chi connectivity index (χ2v) is 9.35. The summed E-state index contributed by atoms with van der Waals surface area (Å²) < 4.78 is 14.0. The molecule has 6 rings (SSSR count). The van der Waals surface area contributed by atoms with Gasteiger partial charge in [0.25, 0.3) is 5.91 Å². The monoisotopic (exact) mass is 485 g/mol. The summed E-state index contributed by atoms with van der Waals surface area (Å²) in [5.74, 6) is 1.46. The summed E-state index contributed by atoms with van der Waals surface area (Å²) in [7, 11) is 2.03. The van der Waals surface area contributed by atoms with Gasteiger partial charge in [0.1, 0.15) is 28.6 Å². The van der Waals surface area contributed by atoms with Gasteiger partial charge in [0, 0.05) is 63.1 Å². The van der Waals surface area contributed by atoms with Crippen molar-refractivity contribution >= 4 is 34.1 Å². The predicted molar refractivity (Wildman–Crippen MR) is 134 cm³/mol. The van der Waals surface area contributed by atoms with E-state index >= 15 is 0 Å². The normalized spacial score (nSPS) is 18.2. The van der Waals surface area contributed by atoms with E-state index in [0.717, 1.165) is 48.0 Å². The number of H-pyrrole nitrogens is 1. The van der Waals surface area contributed by atoms with E-state index in [1.165, 1.54) is 6.08 Å². The van der Waals surface area contributed by atoms with E-state index < -0.39 is 0 Å². The van der Waals surface area contributed by atoms with Crippen molar-refractivity contribution in [3.05, 3.63) is 41.9 Å². The minimum absolute atomic E-state index is 0.0663. The third kappa shape index (κ3) is 3.96. The average molecular weight is 486 g/mol. The number of nitrogens with zero attached hydrogens (tertiary/aromatic N) is 6. The summed E-state index contributed by atoms with van der Waals surface area (Å²) >= 11 is 0. The summed E-state index contributed by atoms with van der Waals surface area (Å²) in [6.45, 7) is 4.18. The van der Waals surface area contributed by atoms with Crippen molar-refractivity contribution in [2.45, 2.75) is 18.9 Å². The number of hydrogen-bond donors (Lipinski definition) is 1. The molecule has 10 nitrogen and oxygen atoms in total. The highest BCUT2D eigenvalue weighted by Crippen LogP contribution is 2.36. The van der Waals surface area contributed by atoms with E-state index in [9.17, 15) is 10.1 Å². The molecule has 184 valence electrons. The van der Waals surface area contributed by atoms with Crippen molar-refractivity contribution in [1.82, 2.24) is 29.3 Å². The van der Waals surface area contributed by atoms with Crippen LogP contribution in [0.15, 0.2) is 40.6 Å². The summed E-state index contributed by atoms with van der Waals surface area (Å²) in [5.41, 5.74) is 2.68. The Bertz CT molecular complexity index is 1490. The molecule has 6 heterocycles. The second-order valence-electron chi connectivity index (χ2n) is 9.35. The molecule has 0 spiro atoms. The van der Waals surface area contributed by atoms with Crippen LogP contribution in [0.1, 0.15) is 24.6 Å². The van der Waals surface area contributed by atoms with Gasteiger partial charge in [-0.1, -0.05) is 0 Å². The summed E-state index contributed by atoms with van der Waals surface area (Å²) in [5, 5.41) is 10.7. The lowest BCUT2D eigenvalue weighted by Gasteiger charge is -2.32. The molecule has 2 fully saturated rings. The van der Waals surface area contributed by atoms with Gasteiger partial charge in [-0.2, -0.15) is 5.26 Å². The largest absolute Gasteiger partial charge is 0.453 e. The molecule has 0 radical (unpaired) electrons. The quantitative estimate of drug-likeness (QED) is 0.348. The van der Waals surface area contributed by atoms with Gasteiger partial charge in [0.2, 0.25) is 0 Å². The molecule has 0 atom stereocenters. The van der Waals surface area contributed by atoms with Crippen LogP contribution < -0.4 is 0 Å². The van der Waals surface area contributed by atoms with Crippen molar-refractivity contribution < 1.29 is 13.9 Å². The molecule has 0 aromatic carbocycles. The zero-order valence-corrected chi connectivity index (χ0v) is 20.1. The number of aromatic nitrogens is 4. The summed E-state index contributed by atoms with van der Waals surface area (Å²) in [6, 6.07) is 7.91. The number of furan rings is 1. The lowest BCUT2D eigenvalue weighted by Crippen LogP contribution is -2.47. The Labute approximate surface area is 207 Å². The van der Waals surface area contributed by atoms with E-state index in [4.69, 9.17) is 14.1 Å². The lowest BCUT2D eigenvalue weighted by atomic mass is 10.1. The Kier molecular flexibility index (Phi) is 5.79. The number of carbonyl (C=O) groups excluding carboxylic acids is 1. The smallest absolute Gasteiger partial charge is 0.264 e. The van der Waals surface area contributed by atoms with Crippen molar-refractivity contribution in [2.75, 3.05) is 46.4 Å². The summed E-state index contributed by atoms with van der Waals surface area (Å²) in [6.07, 6.45) is 6.93. The fourth-order valence-electron chi connectivity index (χ4n) is 5.08. The molecule has 4 aromatic rings. The van der Waals surface area contributed by atoms with Crippen LogP contribution in [-0.2, 0) is 9.53 Å². The number of carbonyl (C=O) groups is 1. The van der Waals surface area contributed by atoms with Crippen LogP contribution in [-0.4, -0.2) is 81.7 Å². The number of likely N-dealkylation sites (N-methyl/N-ethyl adjacent to an activating group) is 1. The average Bonchev–Trinajstić information content (AvgIpc) is 3.65. The topological polar surface area (TPSA) is 116 Å². The number of piperazine rings is 1. The van der Waals surface area contributed by atoms with Crippen molar-refractivity contribution in [1.29, 1.82) is 5.26 Å². The Hall–Kier alpha value is -3.94. The van der Waals surface area contributed by atoms with E-state index in [-0.39, 0.29) is 17.5 Å². The fourth-order valence-corrected chi connectivity index (χ4v) is 5.08. The van der Waals surface area contributed by atoms with E-state index in [2.05, 4.69) is 25.5 Å². The third-order valence-electron chi connectivity index (χ3n) is 7.07. The zero-order valence-electron chi connectivity index (χ0n) is 20.1. The highest BCUT2D eigenvalue weighted by molar-refractivity contribution is 6.03. The van der Waals surface area contributed by atoms with Crippen LogP contribution in [0.25, 0.3) is 39.7 Å². The van der Waals surface area contributed by atoms with Gasteiger partial charge in [0.05, 0.1) is 11.7 Å². The maximum absolute atomic E-state index is 12.9. The maximum atomic E-state index is 12.9. The van der Waals surface area contributed by atoms with E-state index in [1.807, 2.05) is 25.4 Å². The molecule has 36 heavy (non-hydrogen) atoms. The van der Waals surface area contributed by atoms with Gasteiger partial charge in [0.15, 0.2) is 11.6 Å². The van der Waals surface area contributed by atoms with Crippen LogP contribution in [0.3, 0.4) is 0 Å². The molecule has 10 heteroatoms. The first kappa shape index (κ1) is 22.5. The molecular weight excluding hydrogens is 458 g/mol.